The number of hydrogen-bond donors (Lipinski definition) is 1. The summed E-state index contributed by atoms with van der Waals surface area (Å²) in [5.41, 5.74) is 8.29. The number of allylic oxidation sites excluding steroid dienone is 1. The fourth-order valence-corrected chi connectivity index (χ4v) is 1.43. The summed E-state index contributed by atoms with van der Waals surface area (Å²) < 4.78 is 4.97. The maximum absolute atomic E-state index is 5.30. The molecule has 1 aromatic heterocycles. The summed E-state index contributed by atoms with van der Waals surface area (Å²) in [4.78, 5) is 0. The van der Waals surface area contributed by atoms with Gasteiger partial charge in [0.1, 0.15) is 12.0 Å². The van der Waals surface area contributed by atoms with Gasteiger partial charge < -0.3 is 10.3 Å². The smallest absolute Gasteiger partial charge is 0.127 e. The van der Waals surface area contributed by atoms with E-state index in [4.69, 9.17) is 10.3 Å². The van der Waals surface area contributed by atoms with Crippen molar-refractivity contribution in [3.05, 3.63) is 54.4 Å². The first-order valence-corrected chi connectivity index (χ1v) is 4.77. The van der Waals surface area contributed by atoms with Crippen LogP contribution in [-0.2, 0) is 6.42 Å². The molecule has 2 N–H and O–H groups in total. The third-order valence-electron chi connectivity index (χ3n) is 2.16. The van der Waals surface area contributed by atoms with Crippen molar-refractivity contribution < 1.29 is 4.52 Å². The molecule has 0 bridgehead atoms. The van der Waals surface area contributed by atoms with Crippen LogP contribution in [0.1, 0.15) is 5.56 Å². The molecule has 1 heterocycles. The molecule has 3 nitrogen and oxygen atoms in total. The van der Waals surface area contributed by atoms with Gasteiger partial charge in [0.15, 0.2) is 0 Å². The second kappa shape index (κ2) is 4.46. The molecule has 0 atom stereocenters. The summed E-state index contributed by atoms with van der Waals surface area (Å²) >= 11 is 0. The SMILES string of the molecule is NC=CCc1conc1-c1ccccc1. The van der Waals surface area contributed by atoms with Crippen molar-refractivity contribution in [1.29, 1.82) is 0 Å². The maximum atomic E-state index is 5.30. The van der Waals surface area contributed by atoms with Crippen LogP contribution in [0.25, 0.3) is 11.3 Å². The van der Waals surface area contributed by atoms with Crippen molar-refractivity contribution in [2.45, 2.75) is 6.42 Å². The highest BCUT2D eigenvalue weighted by atomic mass is 16.5. The minimum atomic E-state index is 0.740. The summed E-state index contributed by atoms with van der Waals surface area (Å²) in [6, 6.07) is 9.95. The summed E-state index contributed by atoms with van der Waals surface area (Å²) in [5, 5.41) is 3.99. The van der Waals surface area contributed by atoms with Crippen LogP contribution in [0.3, 0.4) is 0 Å². The van der Waals surface area contributed by atoms with Crippen LogP contribution >= 0.6 is 0 Å². The maximum Gasteiger partial charge on any atom is 0.127 e. The Labute approximate surface area is 88.2 Å². The first-order valence-electron chi connectivity index (χ1n) is 4.77. The van der Waals surface area contributed by atoms with Crippen LogP contribution in [0, 0.1) is 0 Å². The Morgan fingerprint density at radius 2 is 2.07 bits per heavy atom. The number of hydrogen-bond acceptors (Lipinski definition) is 3. The van der Waals surface area contributed by atoms with E-state index in [-0.39, 0.29) is 0 Å². The lowest BCUT2D eigenvalue weighted by molar-refractivity contribution is 0.421. The lowest BCUT2D eigenvalue weighted by atomic mass is 10.1. The highest BCUT2D eigenvalue weighted by Crippen LogP contribution is 2.22. The molecular weight excluding hydrogens is 188 g/mol. The van der Waals surface area contributed by atoms with Crippen molar-refractivity contribution in [2.24, 2.45) is 5.73 Å². The number of nitrogens with two attached hydrogens (primary N) is 1. The van der Waals surface area contributed by atoms with Gasteiger partial charge in [-0.15, -0.1) is 0 Å². The van der Waals surface area contributed by atoms with Crippen LogP contribution in [0.2, 0.25) is 0 Å². The van der Waals surface area contributed by atoms with Crippen molar-refractivity contribution in [3.63, 3.8) is 0 Å². The van der Waals surface area contributed by atoms with Gasteiger partial charge in [0.2, 0.25) is 0 Å². The number of nitrogens with zero attached hydrogens (tertiary/aromatic N) is 1. The Morgan fingerprint density at radius 1 is 1.27 bits per heavy atom. The van der Waals surface area contributed by atoms with Crippen LogP contribution in [-0.4, -0.2) is 5.16 Å². The average Bonchev–Trinajstić information content (AvgIpc) is 2.75. The largest absolute Gasteiger partial charge is 0.405 e. The summed E-state index contributed by atoms with van der Waals surface area (Å²) in [5.74, 6) is 0. The molecule has 0 fully saturated rings. The molecule has 2 rings (SSSR count). The molecule has 0 aliphatic carbocycles. The first kappa shape index (κ1) is 9.52. The van der Waals surface area contributed by atoms with E-state index in [1.165, 1.54) is 6.20 Å². The van der Waals surface area contributed by atoms with Gasteiger partial charge in [-0.25, -0.2) is 0 Å². The Morgan fingerprint density at radius 3 is 2.80 bits per heavy atom. The van der Waals surface area contributed by atoms with Gasteiger partial charge >= 0.3 is 0 Å². The van der Waals surface area contributed by atoms with Gasteiger partial charge in [-0.3, -0.25) is 0 Å². The third-order valence-corrected chi connectivity index (χ3v) is 2.16. The zero-order chi connectivity index (χ0) is 10.5. The van der Waals surface area contributed by atoms with Crippen LogP contribution in [0.5, 0.6) is 0 Å². The van der Waals surface area contributed by atoms with Crippen molar-refractivity contribution in [3.8, 4) is 11.3 Å². The Balaban J connectivity index is 2.33. The molecule has 0 aliphatic rings. The van der Waals surface area contributed by atoms with Gasteiger partial charge in [-0.1, -0.05) is 41.6 Å². The molecule has 2 aromatic rings. The van der Waals surface area contributed by atoms with Crippen LogP contribution in [0.15, 0.2) is 53.4 Å². The topological polar surface area (TPSA) is 52.0 Å². The molecular formula is C12H12N2O. The van der Waals surface area contributed by atoms with E-state index in [2.05, 4.69) is 5.16 Å². The molecule has 0 amide bonds. The zero-order valence-corrected chi connectivity index (χ0v) is 8.26. The Kier molecular flexibility index (Phi) is 2.83. The molecule has 0 spiro atoms. The molecule has 15 heavy (non-hydrogen) atoms. The third kappa shape index (κ3) is 2.07. The number of aromatic nitrogens is 1. The fourth-order valence-electron chi connectivity index (χ4n) is 1.43. The quantitative estimate of drug-likeness (QED) is 0.827. The van der Waals surface area contributed by atoms with E-state index in [1.54, 1.807) is 6.26 Å². The predicted octanol–water partition coefficient (Wildman–Crippen LogP) is 2.36. The highest BCUT2D eigenvalue weighted by molar-refractivity contribution is 5.62. The highest BCUT2D eigenvalue weighted by Gasteiger charge is 2.07. The standard InChI is InChI=1S/C12H12N2O/c13-8-4-7-11-9-15-14-12(11)10-5-2-1-3-6-10/h1-6,8-9H,7,13H2. The zero-order valence-electron chi connectivity index (χ0n) is 8.26. The van der Waals surface area contributed by atoms with Gasteiger partial charge in [0.25, 0.3) is 0 Å². The van der Waals surface area contributed by atoms with E-state index in [9.17, 15) is 0 Å². The van der Waals surface area contributed by atoms with E-state index in [0.29, 0.717) is 0 Å². The number of rotatable bonds is 3. The van der Waals surface area contributed by atoms with Crippen molar-refractivity contribution in [2.75, 3.05) is 0 Å². The normalized spacial score (nSPS) is 10.9. The summed E-state index contributed by atoms with van der Waals surface area (Å²) in [7, 11) is 0. The predicted molar refractivity (Wildman–Crippen MR) is 59.0 cm³/mol. The Hall–Kier alpha value is -2.03. The lowest BCUT2D eigenvalue weighted by Crippen LogP contribution is -1.86. The Bertz CT molecular complexity index is 446. The van der Waals surface area contributed by atoms with E-state index >= 15 is 0 Å². The second-order valence-corrected chi connectivity index (χ2v) is 3.19. The van der Waals surface area contributed by atoms with E-state index in [0.717, 1.165) is 23.2 Å². The number of benzene rings is 1. The summed E-state index contributed by atoms with van der Waals surface area (Å²) in [6.45, 7) is 0. The second-order valence-electron chi connectivity index (χ2n) is 3.19. The lowest BCUT2D eigenvalue weighted by Gasteiger charge is -1.97. The molecule has 76 valence electrons. The molecule has 1 aromatic carbocycles. The van der Waals surface area contributed by atoms with Gasteiger partial charge in [-0.2, -0.15) is 0 Å². The molecule has 3 heteroatoms. The van der Waals surface area contributed by atoms with E-state index in [1.807, 2.05) is 36.4 Å². The monoisotopic (exact) mass is 200 g/mol. The van der Waals surface area contributed by atoms with E-state index < -0.39 is 0 Å². The van der Waals surface area contributed by atoms with Crippen LogP contribution < -0.4 is 5.73 Å². The fraction of sp³-hybridized carbons (Fsp3) is 0.0833. The minimum Gasteiger partial charge on any atom is -0.405 e. The average molecular weight is 200 g/mol. The van der Waals surface area contributed by atoms with Crippen LogP contribution in [0.4, 0.5) is 0 Å². The molecule has 0 aliphatic heterocycles. The molecule has 0 unspecified atom stereocenters. The van der Waals surface area contributed by atoms with Gasteiger partial charge in [0, 0.05) is 11.1 Å². The first-order chi connectivity index (χ1) is 7.42. The van der Waals surface area contributed by atoms with Gasteiger partial charge in [-0.05, 0) is 12.6 Å². The van der Waals surface area contributed by atoms with Crippen molar-refractivity contribution >= 4 is 0 Å². The molecule has 0 radical (unpaired) electrons. The summed E-state index contributed by atoms with van der Waals surface area (Å²) in [6.07, 6.45) is 5.80. The van der Waals surface area contributed by atoms with Gasteiger partial charge in [0.05, 0.1) is 0 Å². The minimum absolute atomic E-state index is 0.740. The molecule has 0 saturated heterocycles. The molecule has 0 saturated carbocycles. The van der Waals surface area contributed by atoms with Crippen molar-refractivity contribution in [1.82, 2.24) is 5.16 Å².